The van der Waals surface area contributed by atoms with Crippen LogP contribution in [0.15, 0.2) is 0 Å². The zero-order valence-corrected chi connectivity index (χ0v) is 11.1. The maximum Gasteiger partial charge on any atom is 0.240 e. The van der Waals surface area contributed by atoms with Crippen LogP contribution in [0.4, 0.5) is 5.95 Å². The van der Waals surface area contributed by atoms with Crippen LogP contribution in [0.2, 0.25) is 0 Å². The molecule has 1 amide bonds. The highest BCUT2D eigenvalue weighted by Gasteiger charge is 2.17. The number of aryl methyl sites for hydroxylation is 2. The summed E-state index contributed by atoms with van der Waals surface area (Å²) in [6.07, 6.45) is 0. The molecule has 0 bridgehead atoms. The molecule has 0 aliphatic rings. The molecule has 7 heteroatoms. The van der Waals surface area contributed by atoms with Gasteiger partial charge in [0.2, 0.25) is 11.9 Å². The Bertz CT molecular complexity index is 594. The highest BCUT2D eigenvalue weighted by molar-refractivity contribution is 5.82. The van der Waals surface area contributed by atoms with Crippen LogP contribution in [0.5, 0.6) is 0 Å². The third-order valence-electron chi connectivity index (χ3n) is 2.67. The van der Waals surface area contributed by atoms with E-state index in [0.717, 1.165) is 16.9 Å². The highest BCUT2D eigenvalue weighted by Crippen LogP contribution is 2.19. The summed E-state index contributed by atoms with van der Waals surface area (Å²) in [6.45, 7) is 5.85. The van der Waals surface area contributed by atoms with Crippen molar-refractivity contribution in [2.75, 3.05) is 5.73 Å². The summed E-state index contributed by atoms with van der Waals surface area (Å²) in [5.74, 6) is 0.245. The molecular weight excluding hydrogens is 232 g/mol. The van der Waals surface area contributed by atoms with Crippen molar-refractivity contribution in [3.63, 3.8) is 0 Å². The molecule has 0 aromatic carbocycles. The first-order valence-corrected chi connectivity index (χ1v) is 5.84. The van der Waals surface area contributed by atoms with Crippen molar-refractivity contribution in [1.29, 1.82) is 0 Å². The molecule has 0 aliphatic heterocycles. The average Bonchev–Trinajstić information content (AvgIpc) is 2.67. The molecule has 2 heterocycles. The number of imidazole rings is 1. The van der Waals surface area contributed by atoms with E-state index < -0.39 is 0 Å². The maximum atomic E-state index is 11.8. The molecule has 2 aromatic rings. The Morgan fingerprint density at radius 1 is 1.50 bits per heavy atom. The van der Waals surface area contributed by atoms with Gasteiger partial charge in [0.25, 0.3) is 0 Å². The van der Waals surface area contributed by atoms with Gasteiger partial charge in [-0.2, -0.15) is 5.10 Å². The summed E-state index contributed by atoms with van der Waals surface area (Å²) in [5.41, 5.74) is 8.16. The third kappa shape index (κ3) is 2.03. The average molecular weight is 250 g/mol. The SMILES string of the molecule is Cc1nn(C)c2c1nc(N)n2CC(=O)NC(C)C. The number of anilines is 1. The summed E-state index contributed by atoms with van der Waals surface area (Å²) < 4.78 is 3.36. The number of nitrogens with two attached hydrogens (primary N) is 1. The number of carbonyl (C=O) groups excluding carboxylic acids is 1. The molecule has 0 spiro atoms. The minimum absolute atomic E-state index is 0.0881. The summed E-state index contributed by atoms with van der Waals surface area (Å²) in [5, 5.41) is 7.09. The quantitative estimate of drug-likeness (QED) is 0.813. The maximum absolute atomic E-state index is 11.8. The standard InChI is InChI=1S/C11H18N6O/c1-6(2)13-8(18)5-17-10-9(14-11(17)12)7(3)15-16(10)4/h6H,5H2,1-4H3,(H2,12,14)(H,13,18). The Balaban J connectivity index is 2.38. The minimum atomic E-state index is -0.0881. The van der Waals surface area contributed by atoms with Crippen molar-refractivity contribution in [3.8, 4) is 0 Å². The van der Waals surface area contributed by atoms with E-state index in [1.54, 1.807) is 9.25 Å². The number of carbonyl (C=O) groups is 1. The van der Waals surface area contributed by atoms with E-state index in [-0.39, 0.29) is 18.5 Å². The summed E-state index contributed by atoms with van der Waals surface area (Å²) in [4.78, 5) is 16.0. The number of hydrogen-bond acceptors (Lipinski definition) is 4. The lowest BCUT2D eigenvalue weighted by molar-refractivity contribution is -0.122. The number of nitrogens with zero attached hydrogens (tertiary/aromatic N) is 4. The Morgan fingerprint density at radius 2 is 2.17 bits per heavy atom. The number of hydrogen-bond donors (Lipinski definition) is 2. The topological polar surface area (TPSA) is 90.8 Å². The van der Waals surface area contributed by atoms with Crippen LogP contribution in [0.25, 0.3) is 11.2 Å². The molecule has 0 fully saturated rings. The van der Waals surface area contributed by atoms with Gasteiger partial charge in [-0.1, -0.05) is 0 Å². The van der Waals surface area contributed by atoms with Crippen molar-refractivity contribution in [3.05, 3.63) is 5.69 Å². The van der Waals surface area contributed by atoms with Gasteiger partial charge in [-0.15, -0.1) is 0 Å². The zero-order valence-electron chi connectivity index (χ0n) is 11.1. The fourth-order valence-corrected chi connectivity index (χ4v) is 2.02. The van der Waals surface area contributed by atoms with Gasteiger partial charge in [0.1, 0.15) is 12.1 Å². The molecule has 18 heavy (non-hydrogen) atoms. The van der Waals surface area contributed by atoms with E-state index in [1.807, 2.05) is 27.8 Å². The van der Waals surface area contributed by atoms with Crippen LogP contribution < -0.4 is 11.1 Å². The van der Waals surface area contributed by atoms with Crippen LogP contribution in [0, 0.1) is 6.92 Å². The van der Waals surface area contributed by atoms with Crippen LogP contribution in [0.3, 0.4) is 0 Å². The fourth-order valence-electron chi connectivity index (χ4n) is 2.02. The number of aromatic nitrogens is 4. The smallest absolute Gasteiger partial charge is 0.240 e. The lowest BCUT2D eigenvalue weighted by atomic mass is 10.4. The first-order valence-electron chi connectivity index (χ1n) is 5.84. The van der Waals surface area contributed by atoms with E-state index in [1.165, 1.54) is 0 Å². The number of nitrogens with one attached hydrogen (secondary N) is 1. The molecule has 0 saturated heterocycles. The fraction of sp³-hybridized carbons (Fsp3) is 0.545. The Morgan fingerprint density at radius 3 is 2.78 bits per heavy atom. The Kier molecular flexibility index (Phi) is 2.98. The first kappa shape index (κ1) is 12.4. The predicted octanol–water partition coefficient (Wildman–Crippen LogP) is 0.185. The number of nitrogen functional groups attached to an aromatic ring is 1. The largest absolute Gasteiger partial charge is 0.369 e. The second kappa shape index (κ2) is 4.32. The minimum Gasteiger partial charge on any atom is -0.369 e. The van der Waals surface area contributed by atoms with Gasteiger partial charge in [0, 0.05) is 13.1 Å². The number of fused-ring (bicyclic) bond motifs is 1. The normalized spacial score (nSPS) is 11.4. The van der Waals surface area contributed by atoms with E-state index in [2.05, 4.69) is 15.4 Å². The molecule has 0 unspecified atom stereocenters. The van der Waals surface area contributed by atoms with E-state index in [9.17, 15) is 4.79 Å². The lowest BCUT2D eigenvalue weighted by Gasteiger charge is -2.10. The zero-order chi connectivity index (χ0) is 13.4. The molecule has 98 valence electrons. The molecule has 0 radical (unpaired) electrons. The lowest BCUT2D eigenvalue weighted by Crippen LogP contribution is -2.33. The van der Waals surface area contributed by atoms with Crippen molar-refractivity contribution in [1.82, 2.24) is 24.6 Å². The van der Waals surface area contributed by atoms with Gasteiger partial charge in [-0.25, -0.2) is 4.98 Å². The number of rotatable bonds is 3. The van der Waals surface area contributed by atoms with E-state index in [4.69, 9.17) is 5.73 Å². The van der Waals surface area contributed by atoms with Crippen LogP contribution in [-0.2, 0) is 18.4 Å². The van der Waals surface area contributed by atoms with Crippen LogP contribution >= 0.6 is 0 Å². The van der Waals surface area contributed by atoms with Gasteiger partial charge < -0.3 is 11.1 Å². The van der Waals surface area contributed by atoms with Gasteiger partial charge in [0.05, 0.1) is 5.69 Å². The second-order valence-electron chi connectivity index (χ2n) is 4.66. The monoisotopic (exact) mass is 250 g/mol. The van der Waals surface area contributed by atoms with E-state index >= 15 is 0 Å². The van der Waals surface area contributed by atoms with Crippen molar-refractivity contribution >= 4 is 23.0 Å². The molecule has 3 N–H and O–H groups in total. The Labute approximate surface area is 105 Å². The molecule has 7 nitrogen and oxygen atoms in total. The Hall–Kier alpha value is -2.05. The predicted molar refractivity (Wildman–Crippen MR) is 68.9 cm³/mol. The van der Waals surface area contributed by atoms with Crippen molar-refractivity contribution in [2.45, 2.75) is 33.4 Å². The van der Waals surface area contributed by atoms with Crippen molar-refractivity contribution in [2.24, 2.45) is 7.05 Å². The summed E-state index contributed by atoms with van der Waals surface area (Å²) in [6, 6.07) is 0.103. The molecule has 0 atom stereocenters. The van der Waals surface area contributed by atoms with Crippen LogP contribution in [0.1, 0.15) is 19.5 Å². The highest BCUT2D eigenvalue weighted by atomic mass is 16.2. The van der Waals surface area contributed by atoms with E-state index in [0.29, 0.717) is 5.95 Å². The molecule has 0 saturated carbocycles. The second-order valence-corrected chi connectivity index (χ2v) is 4.66. The van der Waals surface area contributed by atoms with Crippen LogP contribution in [-0.4, -0.2) is 31.3 Å². The van der Waals surface area contributed by atoms with Gasteiger partial charge in [-0.05, 0) is 20.8 Å². The molecular formula is C11H18N6O. The molecule has 0 aliphatic carbocycles. The van der Waals surface area contributed by atoms with Gasteiger partial charge >= 0.3 is 0 Å². The number of amides is 1. The molecule has 2 rings (SSSR count). The van der Waals surface area contributed by atoms with Crippen molar-refractivity contribution < 1.29 is 4.79 Å². The third-order valence-corrected chi connectivity index (χ3v) is 2.67. The first-order chi connectivity index (χ1) is 8.40. The molecule has 2 aromatic heterocycles. The van der Waals surface area contributed by atoms with Gasteiger partial charge in [0.15, 0.2) is 5.65 Å². The summed E-state index contributed by atoms with van der Waals surface area (Å²) in [7, 11) is 1.81. The van der Waals surface area contributed by atoms with Gasteiger partial charge in [-0.3, -0.25) is 14.0 Å². The summed E-state index contributed by atoms with van der Waals surface area (Å²) >= 11 is 0.